The number of nitro groups is 1. The zero-order chi connectivity index (χ0) is 25.9. The number of alkyl halides is 3. The highest BCUT2D eigenvalue weighted by atomic mass is 19.4. The first-order valence-electron chi connectivity index (χ1n) is 11.1. The second-order valence-electron chi connectivity index (χ2n) is 8.42. The molecule has 4 aromatic rings. The monoisotopic (exact) mass is 499 g/mol. The van der Waals surface area contributed by atoms with Crippen LogP contribution in [0.4, 0.5) is 18.9 Å². The van der Waals surface area contributed by atoms with Gasteiger partial charge in [0.05, 0.1) is 17.5 Å². The Morgan fingerprint density at radius 3 is 2.33 bits per heavy atom. The maximum absolute atomic E-state index is 14.4. The van der Waals surface area contributed by atoms with E-state index in [0.29, 0.717) is 11.3 Å². The maximum atomic E-state index is 14.4. The Kier molecular flexibility index (Phi) is 7.00. The van der Waals surface area contributed by atoms with Crippen molar-refractivity contribution >= 4 is 16.6 Å². The minimum absolute atomic E-state index is 0.0799. The average molecular weight is 499 g/mol. The highest BCUT2D eigenvalue weighted by molar-refractivity contribution is 5.87. The summed E-state index contributed by atoms with van der Waals surface area (Å²) in [6, 6.07) is 19.4. The van der Waals surface area contributed by atoms with Crippen LogP contribution in [0, 0.1) is 10.1 Å². The number of non-ortho nitro benzene ring substituents is 1. The summed E-state index contributed by atoms with van der Waals surface area (Å²) in [5.41, 5.74) is -2.15. The van der Waals surface area contributed by atoms with Crippen LogP contribution < -0.4 is 10.1 Å². The number of halogens is 3. The second kappa shape index (κ2) is 10.00. The Balaban J connectivity index is 1.73. The van der Waals surface area contributed by atoms with Crippen LogP contribution >= 0.6 is 0 Å². The number of ether oxygens (including phenoxy) is 1. The van der Waals surface area contributed by atoms with Crippen molar-refractivity contribution in [2.24, 2.45) is 0 Å². The van der Waals surface area contributed by atoms with Crippen molar-refractivity contribution in [1.29, 1.82) is 0 Å². The Bertz CT molecular complexity index is 1350. The predicted molar refractivity (Wildman–Crippen MR) is 129 cm³/mol. The van der Waals surface area contributed by atoms with E-state index in [-0.39, 0.29) is 35.2 Å². The van der Waals surface area contributed by atoms with E-state index in [0.717, 1.165) is 11.6 Å². The van der Waals surface area contributed by atoms with E-state index in [1.165, 1.54) is 30.0 Å². The second-order valence-corrected chi connectivity index (χ2v) is 8.42. The van der Waals surface area contributed by atoms with Crippen molar-refractivity contribution in [1.82, 2.24) is 9.88 Å². The molecule has 0 saturated heterocycles. The number of methoxy groups -OCH3 is 1. The standard InChI is InChI=1S/C26H24F3N3O4/c1-36-21-10-7-18(8-11-21)14-30-17-25(33,26(27,28)29)23-16-31(15-19-5-3-2-4-6-19)24-13-20(32(34)35)9-12-22(23)24/h2-13,16,30,33H,14-15,17H2,1H3. The largest absolute Gasteiger partial charge is 0.497 e. The fraction of sp³-hybridized carbons (Fsp3) is 0.231. The van der Waals surface area contributed by atoms with Crippen molar-refractivity contribution in [2.45, 2.75) is 24.9 Å². The first-order valence-corrected chi connectivity index (χ1v) is 11.1. The summed E-state index contributed by atoms with van der Waals surface area (Å²) in [7, 11) is 1.51. The Labute approximate surface area is 204 Å². The summed E-state index contributed by atoms with van der Waals surface area (Å²) in [6.45, 7) is -0.563. The fourth-order valence-electron chi connectivity index (χ4n) is 4.11. The van der Waals surface area contributed by atoms with Gasteiger partial charge in [0.15, 0.2) is 5.60 Å². The lowest BCUT2D eigenvalue weighted by molar-refractivity contribution is -0.384. The van der Waals surface area contributed by atoms with Crippen LogP contribution in [0.2, 0.25) is 0 Å². The van der Waals surface area contributed by atoms with Gasteiger partial charge in [-0.05, 0) is 29.3 Å². The Morgan fingerprint density at radius 1 is 1.03 bits per heavy atom. The molecule has 1 atom stereocenters. The molecule has 0 aliphatic carbocycles. The molecule has 0 aliphatic rings. The Morgan fingerprint density at radius 2 is 1.72 bits per heavy atom. The number of hydrogen-bond donors (Lipinski definition) is 2. The number of aromatic nitrogens is 1. The van der Waals surface area contributed by atoms with E-state index in [2.05, 4.69) is 5.32 Å². The predicted octanol–water partition coefficient (Wildman–Crippen LogP) is 5.15. The summed E-state index contributed by atoms with van der Waals surface area (Å²) in [5.74, 6) is 0.617. The minimum atomic E-state index is -5.02. The van der Waals surface area contributed by atoms with Gasteiger partial charge in [0.25, 0.3) is 5.69 Å². The smallest absolute Gasteiger partial charge is 0.422 e. The lowest BCUT2D eigenvalue weighted by Gasteiger charge is -2.31. The molecule has 2 N–H and O–H groups in total. The number of nitrogens with one attached hydrogen (secondary N) is 1. The molecule has 0 spiro atoms. The molecule has 10 heteroatoms. The highest BCUT2D eigenvalue weighted by Gasteiger charge is 2.56. The summed E-state index contributed by atoms with van der Waals surface area (Å²) < 4.78 is 49.7. The van der Waals surface area contributed by atoms with Crippen LogP contribution in [-0.4, -0.2) is 34.4 Å². The summed E-state index contributed by atoms with van der Waals surface area (Å²) in [4.78, 5) is 10.7. The Hall–Kier alpha value is -3.89. The van der Waals surface area contributed by atoms with Crippen molar-refractivity contribution in [3.05, 3.63) is 106 Å². The molecule has 0 radical (unpaired) electrons. The van der Waals surface area contributed by atoms with Gasteiger partial charge in [-0.25, -0.2) is 0 Å². The van der Waals surface area contributed by atoms with Gasteiger partial charge >= 0.3 is 6.18 Å². The van der Waals surface area contributed by atoms with Gasteiger partial charge in [0.1, 0.15) is 5.75 Å². The normalized spacial score (nSPS) is 13.5. The summed E-state index contributed by atoms with van der Waals surface area (Å²) in [6.07, 6.45) is -3.79. The van der Waals surface area contributed by atoms with Gasteiger partial charge in [-0.2, -0.15) is 13.2 Å². The van der Waals surface area contributed by atoms with E-state index in [9.17, 15) is 28.4 Å². The van der Waals surface area contributed by atoms with E-state index >= 15 is 0 Å². The van der Waals surface area contributed by atoms with Gasteiger partial charge in [0.2, 0.25) is 0 Å². The van der Waals surface area contributed by atoms with Crippen LogP contribution in [0.5, 0.6) is 5.75 Å². The van der Waals surface area contributed by atoms with Crippen molar-refractivity contribution in [2.75, 3.05) is 13.7 Å². The molecule has 0 aliphatic heterocycles. The maximum Gasteiger partial charge on any atom is 0.422 e. The van der Waals surface area contributed by atoms with Gasteiger partial charge in [-0.1, -0.05) is 42.5 Å². The molecular formula is C26H24F3N3O4. The van der Waals surface area contributed by atoms with E-state index in [1.807, 2.05) is 6.07 Å². The first-order chi connectivity index (χ1) is 17.1. The lowest BCUT2D eigenvalue weighted by atomic mass is 9.92. The lowest BCUT2D eigenvalue weighted by Crippen LogP contribution is -2.49. The molecule has 1 heterocycles. The van der Waals surface area contributed by atoms with Crippen LogP contribution in [-0.2, 0) is 18.7 Å². The molecule has 3 aromatic carbocycles. The number of fused-ring (bicyclic) bond motifs is 1. The van der Waals surface area contributed by atoms with Gasteiger partial charge in [-0.15, -0.1) is 0 Å². The van der Waals surface area contributed by atoms with Crippen molar-refractivity contribution in [3.8, 4) is 5.75 Å². The number of benzene rings is 3. The molecule has 0 saturated carbocycles. The molecule has 0 amide bonds. The third-order valence-corrected chi connectivity index (χ3v) is 6.06. The molecule has 0 fully saturated rings. The zero-order valence-electron chi connectivity index (χ0n) is 19.3. The van der Waals surface area contributed by atoms with Gasteiger partial charge < -0.3 is 19.7 Å². The number of nitro benzene ring substituents is 1. The average Bonchev–Trinajstić information content (AvgIpc) is 3.22. The third kappa shape index (κ3) is 5.05. The van der Waals surface area contributed by atoms with Gasteiger partial charge in [-0.3, -0.25) is 10.1 Å². The van der Waals surface area contributed by atoms with E-state index in [4.69, 9.17) is 4.74 Å². The van der Waals surface area contributed by atoms with E-state index in [1.54, 1.807) is 48.5 Å². The number of aliphatic hydroxyl groups is 1. The molecule has 1 aromatic heterocycles. The number of nitrogens with zero attached hydrogens (tertiary/aromatic N) is 2. The first kappa shape index (κ1) is 25.2. The summed E-state index contributed by atoms with van der Waals surface area (Å²) in [5, 5.41) is 25.2. The molecule has 4 rings (SSSR count). The zero-order valence-corrected chi connectivity index (χ0v) is 19.3. The van der Waals surface area contributed by atoms with Crippen molar-refractivity contribution < 1.29 is 27.9 Å². The molecule has 0 bridgehead atoms. The summed E-state index contributed by atoms with van der Waals surface area (Å²) >= 11 is 0. The van der Waals surface area contributed by atoms with Crippen LogP contribution in [0.25, 0.3) is 10.9 Å². The van der Waals surface area contributed by atoms with Crippen LogP contribution in [0.3, 0.4) is 0 Å². The quantitative estimate of drug-likeness (QED) is 0.246. The van der Waals surface area contributed by atoms with Gasteiger partial charge in [0, 0.05) is 48.9 Å². The molecular weight excluding hydrogens is 475 g/mol. The van der Waals surface area contributed by atoms with Crippen molar-refractivity contribution in [3.63, 3.8) is 0 Å². The SMILES string of the molecule is COc1ccc(CNCC(O)(c2cn(Cc3ccccc3)c3cc([N+](=O)[O-])ccc23)C(F)(F)F)cc1. The fourth-order valence-corrected chi connectivity index (χ4v) is 4.11. The van der Waals surface area contributed by atoms with Crippen LogP contribution in [0.1, 0.15) is 16.7 Å². The van der Waals surface area contributed by atoms with E-state index < -0.39 is 23.2 Å². The number of hydrogen-bond acceptors (Lipinski definition) is 5. The topological polar surface area (TPSA) is 89.6 Å². The molecule has 188 valence electrons. The number of rotatable bonds is 9. The molecule has 36 heavy (non-hydrogen) atoms. The van der Waals surface area contributed by atoms with Crippen LogP contribution in [0.15, 0.2) is 79.0 Å². The molecule has 7 nitrogen and oxygen atoms in total. The minimum Gasteiger partial charge on any atom is -0.497 e. The highest BCUT2D eigenvalue weighted by Crippen LogP contribution is 2.43. The molecule has 1 unspecified atom stereocenters. The third-order valence-electron chi connectivity index (χ3n) is 6.06.